The topological polar surface area (TPSA) is 68.4 Å². The highest BCUT2D eigenvalue weighted by atomic mass is 35.5. The van der Waals surface area contributed by atoms with Crippen LogP contribution in [0.25, 0.3) is 5.69 Å². The molecular weight excluding hydrogens is 339 g/mol. The van der Waals surface area contributed by atoms with Gasteiger partial charge in [0.2, 0.25) is 0 Å². The number of benzene rings is 1. The molecule has 0 aliphatic heterocycles. The second-order valence-electron chi connectivity index (χ2n) is 5.28. The largest absolute Gasteiger partial charge is 0.346 e. The molecule has 2 aromatic rings. The molecule has 2 rings (SSSR count). The number of hydrogen-bond donors (Lipinski definition) is 2. The van der Waals surface area contributed by atoms with Crippen molar-refractivity contribution in [2.75, 3.05) is 27.2 Å². The van der Waals surface area contributed by atoms with Crippen molar-refractivity contribution in [3.8, 4) is 5.69 Å². The van der Waals surface area contributed by atoms with E-state index in [1.807, 2.05) is 14.1 Å². The van der Waals surface area contributed by atoms with Crippen molar-refractivity contribution < 1.29 is 9.69 Å². The van der Waals surface area contributed by atoms with Crippen LogP contribution in [-0.2, 0) is 0 Å². The van der Waals surface area contributed by atoms with E-state index in [1.165, 1.54) is 11.1 Å². The van der Waals surface area contributed by atoms with Gasteiger partial charge in [0.25, 0.3) is 11.5 Å². The molecule has 0 aliphatic rings. The standard InChI is InChI=1S/C15H16Cl2N4O2/c1-20(2)8-7-18-14(22)10-3-5-11(6-4-10)21-15(23)13(17)12(16)9-19-21/h3-6,9H,7-8H2,1-2H3,(H,18,22)/p+1. The van der Waals surface area contributed by atoms with Crippen LogP contribution in [0.4, 0.5) is 0 Å². The molecular formula is C15H17Cl2N4O2+. The van der Waals surface area contributed by atoms with E-state index in [0.29, 0.717) is 17.8 Å². The molecule has 0 radical (unpaired) electrons. The summed E-state index contributed by atoms with van der Waals surface area (Å²) in [7, 11) is 4.03. The second-order valence-corrected chi connectivity index (χ2v) is 6.07. The van der Waals surface area contributed by atoms with Gasteiger partial charge >= 0.3 is 0 Å². The number of carbonyl (C=O) groups is 1. The molecule has 6 nitrogen and oxygen atoms in total. The van der Waals surface area contributed by atoms with Crippen LogP contribution in [0.5, 0.6) is 0 Å². The van der Waals surface area contributed by atoms with Gasteiger partial charge in [0, 0.05) is 5.56 Å². The number of carbonyl (C=O) groups excluding carboxylic acids is 1. The lowest BCUT2D eigenvalue weighted by atomic mass is 10.2. The summed E-state index contributed by atoms with van der Waals surface area (Å²) in [6, 6.07) is 6.52. The van der Waals surface area contributed by atoms with E-state index in [1.54, 1.807) is 24.3 Å². The van der Waals surface area contributed by atoms with E-state index >= 15 is 0 Å². The predicted molar refractivity (Wildman–Crippen MR) is 89.9 cm³/mol. The van der Waals surface area contributed by atoms with E-state index in [-0.39, 0.29) is 16.0 Å². The first kappa shape index (κ1) is 17.5. The summed E-state index contributed by atoms with van der Waals surface area (Å²) < 4.78 is 1.13. The Kier molecular flexibility index (Phi) is 5.76. The number of halogens is 2. The highest BCUT2D eigenvalue weighted by molar-refractivity contribution is 6.41. The van der Waals surface area contributed by atoms with Crippen molar-refractivity contribution in [3.05, 3.63) is 56.4 Å². The number of rotatable bonds is 5. The highest BCUT2D eigenvalue weighted by Crippen LogP contribution is 2.16. The van der Waals surface area contributed by atoms with Gasteiger partial charge in [-0.1, -0.05) is 23.2 Å². The minimum Gasteiger partial charge on any atom is -0.346 e. The number of likely N-dealkylation sites (N-methyl/N-ethyl adjacent to an activating group) is 1. The zero-order valence-corrected chi connectivity index (χ0v) is 14.3. The maximum Gasteiger partial charge on any atom is 0.291 e. The molecule has 1 aromatic heterocycles. The third-order valence-corrected chi connectivity index (χ3v) is 3.91. The zero-order chi connectivity index (χ0) is 17.0. The van der Waals surface area contributed by atoms with Crippen molar-refractivity contribution >= 4 is 29.1 Å². The Hall–Kier alpha value is -1.89. The van der Waals surface area contributed by atoms with Crippen molar-refractivity contribution in [2.24, 2.45) is 0 Å². The Bertz CT molecular complexity index is 757. The SMILES string of the molecule is C[NH+](C)CCNC(=O)c1ccc(-n2ncc(Cl)c(Cl)c2=O)cc1. The van der Waals surface area contributed by atoms with Crippen molar-refractivity contribution in [1.29, 1.82) is 0 Å². The molecule has 1 aromatic carbocycles. The number of amides is 1. The molecule has 0 unspecified atom stereocenters. The average Bonchev–Trinajstić information content (AvgIpc) is 2.52. The van der Waals surface area contributed by atoms with Gasteiger partial charge in [0.05, 0.1) is 44.1 Å². The Morgan fingerprint density at radius 1 is 1.26 bits per heavy atom. The maximum absolute atomic E-state index is 12.0. The summed E-state index contributed by atoms with van der Waals surface area (Å²) >= 11 is 11.6. The molecule has 1 amide bonds. The number of nitrogens with one attached hydrogen (secondary N) is 2. The Morgan fingerprint density at radius 2 is 1.91 bits per heavy atom. The van der Waals surface area contributed by atoms with Crippen LogP contribution in [0.15, 0.2) is 35.3 Å². The van der Waals surface area contributed by atoms with Crippen molar-refractivity contribution in [1.82, 2.24) is 15.1 Å². The van der Waals surface area contributed by atoms with Gasteiger partial charge in [-0.05, 0) is 24.3 Å². The number of hydrogen-bond acceptors (Lipinski definition) is 3. The maximum atomic E-state index is 12.0. The lowest BCUT2D eigenvalue weighted by Gasteiger charge is -2.09. The normalized spacial score (nSPS) is 10.8. The van der Waals surface area contributed by atoms with Crippen LogP contribution >= 0.6 is 23.2 Å². The second kappa shape index (κ2) is 7.59. The van der Waals surface area contributed by atoms with E-state index in [9.17, 15) is 9.59 Å². The fourth-order valence-corrected chi connectivity index (χ4v) is 2.13. The van der Waals surface area contributed by atoms with E-state index < -0.39 is 5.56 Å². The van der Waals surface area contributed by atoms with Gasteiger partial charge in [0.1, 0.15) is 5.02 Å². The van der Waals surface area contributed by atoms with Gasteiger partial charge in [-0.3, -0.25) is 9.59 Å². The van der Waals surface area contributed by atoms with Crippen LogP contribution in [0.2, 0.25) is 10.0 Å². The number of quaternary nitrogens is 1. The Balaban J connectivity index is 2.15. The third kappa shape index (κ3) is 4.31. The molecule has 0 saturated heterocycles. The van der Waals surface area contributed by atoms with E-state index in [4.69, 9.17) is 23.2 Å². The fraction of sp³-hybridized carbons (Fsp3) is 0.267. The zero-order valence-electron chi connectivity index (χ0n) is 12.8. The minimum atomic E-state index is -0.509. The summed E-state index contributed by atoms with van der Waals surface area (Å²) in [5.41, 5.74) is 0.504. The molecule has 1 heterocycles. The van der Waals surface area contributed by atoms with Gasteiger partial charge < -0.3 is 10.2 Å². The summed E-state index contributed by atoms with van der Waals surface area (Å²) in [4.78, 5) is 25.3. The average molecular weight is 356 g/mol. The summed E-state index contributed by atoms with van der Waals surface area (Å²) in [5, 5.41) is 6.79. The van der Waals surface area contributed by atoms with Crippen LogP contribution in [-0.4, -0.2) is 42.9 Å². The molecule has 8 heteroatoms. The quantitative estimate of drug-likeness (QED) is 0.816. The summed E-state index contributed by atoms with van der Waals surface area (Å²) in [6.45, 7) is 1.43. The minimum absolute atomic E-state index is 0.0883. The summed E-state index contributed by atoms with van der Waals surface area (Å²) in [5.74, 6) is -0.160. The molecule has 0 atom stereocenters. The van der Waals surface area contributed by atoms with Gasteiger partial charge in [-0.2, -0.15) is 9.78 Å². The molecule has 0 fully saturated rings. The van der Waals surface area contributed by atoms with Gasteiger partial charge in [0.15, 0.2) is 0 Å². The highest BCUT2D eigenvalue weighted by Gasteiger charge is 2.10. The first-order valence-corrected chi connectivity index (χ1v) is 7.76. The fourth-order valence-electron chi connectivity index (χ4n) is 1.88. The smallest absolute Gasteiger partial charge is 0.291 e. The first-order valence-electron chi connectivity index (χ1n) is 7.01. The van der Waals surface area contributed by atoms with Crippen molar-refractivity contribution in [2.45, 2.75) is 0 Å². The van der Waals surface area contributed by atoms with Crippen LogP contribution < -0.4 is 15.8 Å². The lowest BCUT2D eigenvalue weighted by molar-refractivity contribution is -0.856. The number of nitrogens with zero attached hydrogens (tertiary/aromatic N) is 2. The Morgan fingerprint density at radius 3 is 2.52 bits per heavy atom. The van der Waals surface area contributed by atoms with E-state index in [0.717, 1.165) is 11.2 Å². The summed E-state index contributed by atoms with van der Waals surface area (Å²) in [6.07, 6.45) is 1.30. The first-order chi connectivity index (χ1) is 10.9. The Labute approximate surface area is 143 Å². The lowest BCUT2D eigenvalue weighted by Crippen LogP contribution is -3.06. The predicted octanol–water partition coefficient (Wildman–Crippen LogP) is 0.414. The third-order valence-electron chi connectivity index (χ3n) is 3.16. The molecule has 0 bridgehead atoms. The molecule has 0 spiro atoms. The molecule has 2 N–H and O–H groups in total. The van der Waals surface area contributed by atoms with Gasteiger partial charge in [-0.15, -0.1) is 0 Å². The van der Waals surface area contributed by atoms with Gasteiger partial charge in [-0.25, -0.2) is 0 Å². The molecule has 23 heavy (non-hydrogen) atoms. The van der Waals surface area contributed by atoms with Crippen LogP contribution in [0.3, 0.4) is 0 Å². The van der Waals surface area contributed by atoms with Crippen molar-refractivity contribution in [3.63, 3.8) is 0 Å². The molecule has 0 saturated carbocycles. The molecule has 0 aliphatic carbocycles. The monoisotopic (exact) mass is 355 g/mol. The molecule has 122 valence electrons. The van der Waals surface area contributed by atoms with E-state index in [2.05, 4.69) is 10.4 Å². The number of aromatic nitrogens is 2. The van der Waals surface area contributed by atoms with Crippen LogP contribution in [0.1, 0.15) is 10.4 Å². The van der Waals surface area contributed by atoms with Crippen LogP contribution in [0, 0.1) is 0 Å².